The highest BCUT2D eigenvalue weighted by molar-refractivity contribution is 7.18. The molecule has 0 aliphatic heterocycles. The van der Waals surface area contributed by atoms with Crippen molar-refractivity contribution in [3.8, 4) is 5.75 Å². The van der Waals surface area contributed by atoms with Gasteiger partial charge in [0.25, 0.3) is 11.6 Å². The Balaban J connectivity index is 2.21. The van der Waals surface area contributed by atoms with Gasteiger partial charge in [-0.2, -0.15) is 0 Å². The number of esters is 2. The summed E-state index contributed by atoms with van der Waals surface area (Å²) < 4.78 is 14.9. The fourth-order valence-electron chi connectivity index (χ4n) is 2.35. The number of benzene rings is 1. The van der Waals surface area contributed by atoms with E-state index in [1.165, 1.54) is 45.4 Å². The Bertz CT molecular complexity index is 952. The number of anilines is 1. The first-order valence-corrected chi connectivity index (χ1v) is 9.03. The van der Waals surface area contributed by atoms with Crippen LogP contribution >= 0.6 is 11.3 Å². The summed E-state index contributed by atoms with van der Waals surface area (Å²) in [6.07, 6.45) is -0.995. The van der Waals surface area contributed by atoms with Gasteiger partial charge in [0.15, 0.2) is 6.10 Å². The maximum absolute atomic E-state index is 12.5. The summed E-state index contributed by atoms with van der Waals surface area (Å²) in [4.78, 5) is 46.8. The lowest BCUT2D eigenvalue weighted by atomic mass is 10.1. The van der Waals surface area contributed by atoms with Crippen LogP contribution in [0, 0.1) is 17.0 Å². The molecule has 11 heteroatoms. The summed E-state index contributed by atoms with van der Waals surface area (Å²) >= 11 is 0.882. The van der Waals surface area contributed by atoms with Crippen LogP contribution in [0.1, 0.15) is 32.5 Å². The van der Waals surface area contributed by atoms with E-state index in [4.69, 9.17) is 14.2 Å². The molecule has 1 amide bonds. The number of nitro benzene ring substituents is 1. The minimum absolute atomic E-state index is 0.0498. The van der Waals surface area contributed by atoms with Crippen molar-refractivity contribution in [2.24, 2.45) is 0 Å². The van der Waals surface area contributed by atoms with Gasteiger partial charge in [-0.15, -0.1) is 11.3 Å². The van der Waals surface area contributed by atoms with E-state index in [9.17, 15) is 24.5 Å². The van der Waals surface area contributed by atoms with Crippen molar-refractivity contribution in [1.82, 2.24) is 0 Å². The monoisotopic (exact) mass is 422 g/mol. The lowest BCUT2D eigenvalue weighted by Gasteiger charge is -2.14. The summed E-state index contributed by atoms with van der Waals surface area (Å²) in [5.74, 6) is -1.70. The maximum Gasteiger partial charge on any atom is 0.348 e. The number of methoxy groups -OCH3 is 2. The van der Waals surface area contributed by atoms with Crippen LogP contribution in [0.15, 0.2) is 24.3 Å². The molecule has 1 heterocycles. The van der Waals surface area contributed by atoms with E-state index in [0.717, 1.165) is 11.3 Å². The molecule has 0 saturated carbocycles. The molecule has 2 aromatic rings. The highest BCUT2D eigenvalue weighted by Gasteiger charge is 2.28. The van der Waals surface area contributed by atoms with Gasteiger partial charge in [0.1, 0.15) is 15.6 Å². The number of non-ortho nitro benzene ring substituents is 1. The third kappa shape index (κ3) is 4.88. The summed E-state index contributed by atoms with van der Waals surface area (Å²) in [6.45, 7) is 3.01. The van der Waals surface area contributed by atoms with E-state index in [0.29, 0.717) is 5.56 Å². The molecule has 10 nitrogen and oxygen atoms in total. The van der Waals surface area contributed by atoms with Crippen LogP contribution in [0.2, 0.25) is 0 Å². The minimum Gasteiger partial charge on any atom is -0.481 e. The van der Waals surface area contributed by atoms with Crippen molar-refractivity contribution in [1.29, 1.82) is 0 Å². The van der Waals surface area contributed by atoms with Crippen LogP contribution in [-0.4, -0.2) is 43.1 Å². The standard InChI is InChI=1S/C18H18N2O8S/c1-9-13(17(22)26-3)16(29-14(9)18(23)27-4)19-15(21)10(2)28-12-7-5-11(6-8-12)20(24)25/h5-8,10H,1-4H3,(H,19,21)/t10-/m1/s1. The number of nitrogens with zero attached hydrogens (tertiary/aromatic N) is 1. The Hall–Kier alpha value is -3.47. The van der Waals surface area contributed by atoms with E-state index in [1.807, 2.05) is 0 Å². The van der Waals surface area contributed by atoms with Crippen LogP contribution in [0.3, 0.4) is 0 Å². The molecule has 2 rings (SSSR count). The van der Waals surface area contributed by atoms with E-state index >= 15 is 0 Å². The van der Waals surface area contributed by atoms with Crippen LogP contribution in [-0.2, 0) is 14.3 Å². The second kappa shape index (κ2) is 9.15. The Labute approximate surface area is 169 Å². The number of hydrogen-bond acceptors (Lipinski definition) is 9. The Kier molecular flexibility index (Phi) is 6.89. The van der Waals surface area contributed by atoms with Crippen molar-refractivity contribution >= 4 is 39.9 Å². The van der Waals surface area contributed by atoms with Gasteiger partial charge < -0.3 is 19.5 Å². The quantitative estimate of drug-likeness (QED) is 0.409. The van der Waals surface area contributed by atoms with Gasteiger partial charge in [0.05, 0.1) is 24.7 Å². The summed E-state index contributed by atoms with van der Waals surface area (Å²) in [7, 11) is 2.39. The van der Waals surface area contributed by atoms with Gasteiger partial charge in [0, 0.05) is 12.1 Å². The molecule has 0 radical (unpaired) electrons. The molecule has 0 spiro atoms. The topological polar surface area (TPSA) is 134 Å². The predicted molar refractivity (Wildman–Crippen MR) is 104 cm³/mol. The van der Waals surface area contributed by atoms with E-state index in [-0.39, 0.29) is 26.9 Å². The minimum atomic E-state index is -0.995. The molecule has 1 N–H and O–H groups in total. The zero-order chi connectivity index (χ0) is 21.7. The number of hydrogen-bond donors (Lipinski definition) is 1. The average Bonchev–Trinajstić information content (AvgIpc) is 3.02. The number of thiophene rings is 1. The molecule has 0 bridgehead atoms. The Morgan fingerprint density at radius 1 is 1.10 bits per heavy atom. The molecule has 154 valence electrons. The van der Waals surface area contributed by atoms with Gasteiger partial charge in [0.2, 0.25) is 0 Å². The first kappa shape index (κ1) is 21.8. The van der Waals surface area contributed by atoms with E-state index < -0.39 is 28.9 Å². The number of nitro groups is 1. The SMILES string of the molecule is COC(=O)c1sc(NC(=O)[C@@H](C)Oc2ccc([N+](=O)[O-])cc2)c(C(=O)OC)c1C. The van der Waals surface area contributed by atoms with Crippen molar-refractivity contribution in [3.05, 3.63) is 50.4 Å². The first-order chi connectivity index (χ1) is 13.7. The molecule has 0 aliphatic rings. The number of carbonyl (C=O) groups is 3. The van der Waals surface area contributed by atoms with E-state index in [1.54, 1.807) is 6.92 Å². The third-order valence-corrected chi connectivity index (χ3v) is 5.06. The molecule has 0 saturated heterocycles. The highest BCUT2D eigenvalue weighted by atomic mass is 32.1. The van der Waals surface area contributed by atoms with Gasteiger partial charge in [-0.05, 0) is 31.5 Å². The number of nitrogens with one attached hydrogen (secondary N) is 1. The van der Waals surface area contributed by atoms with Crippen molar-refractivity contribution in [3.63, 3.8) is 0 Å². The first-order valence-electron chi connectivity index (χ1n) is 8.21. The number of ether oxygens (including phenoxy) is 3. The molecule has 1 aromatic heterocycles. The lowest BCUT2D eigenvalue weighted by Crippen LogP contribution is -2.30. The number of amides is 1. The fourth-order valence-corrected chi connectivity index (χ4v) is 3.47. The van der Waals surface area contributed by atoms with Crippen molar-refractivity contribution in [2.75, 3.05) is 19.5 Å². The van der Waals surface area contributed by atoms with Gasteiger partial charge in [-0.1, -0.05) is 0 Å². The van der Waals surface area contributed by atoms with Gasteiger partial charge in [-0.25, -0.2) is 9.59 Å². The van der Waals surface area contributed by atoms with Crippen LogP contribution < -0.4 is 10.1 Å². The maximum atomic E-state index is 12.5. The highest BCUT2D eigenvalue weighted by Crippen LogP contribution is 2.34. The zero-order valence-electron chi connectivity index (χ0n) is 16.0. The number of carbonyl (C=O) groups excluding carboxylic acids is 3. The molecular weight excluding hydrogens is 404 g/mol. The molecule has 1 aromatic carbocycles. The second-order valence-electron chi connectivity index (χ2n) is 5.74. The Morgan fingerprint density at radius 2 is 1.69 bits per heavy atom. The largest absolute Gasteiger partial charge is 0.481 e. The lowest BCUT2D eigenvalue weighted by molar-refractivity contribution is -0.384. The normalized spacial score (nSPS) is 11.3. The molecular formula is C18H18N2O8S. The second-order valence-corrected chi connectivity index (χ2v) is 6.76. The molecule has 29 heavy (non-hydrogen) atoms. The third-order valence-electron chi connectivity index (χ3n) is 3.87. The molecule has 0 fully saturated rings. The number of rotatable bonds is 7. The van der Waals surface area contributed by atoms with E-state index in [2.05, 4.69) is 5.32 Å². The summed E-state index contributed by atoms with van der Waals surface area (Å²) in [5.41, 5.74) is 0.267. The smallest absolute Gasteiger partial charge is 0.348 e. The zero-order valence-corrected chi connectivity index (χ0v) is 16.8. The van der Waals surface area contributed by atoms with Crippen molar-refractivity contribution in [2.45, 2.75) is 20.0 Å². The van der Waals surface area contributed by atoms with Gasteiger partial charge in [-0.3, -0.25) is 14.9 Å². The Morgan fingerprint density at radius 3 is 2.21 bits per heavy atom. The average molecular weight is 422 g/mol. The van der Waals surface area contributed by atoms with Gasteiger partial charge >= 0.3 is 11.9 Å². The predicted octanol–water partition coefficient (Wildman–Crippen LogP) is 2.94. The summed E-state index contributed by atoms with van der Waals surface area (Å²) in [5, 5.41) is 13.4. The van der Waals surface area contributed by atoms with Crippen LogP contribution in [0.25, 0.3) is 0 Å². The fraction of sp³-hybridized carbons (Fsp3) is 0.278. The summed E-state index contributed by atoms with van der Waals surface area (Å²) in [6, 6.07) is 5.24. The molecule has 1 atom stereocenters. The van der Waals surface area contributed by atoms with Crippen LogP contribution in [0.4, 0.5) is 10.7 Å². The molecule has 0 aliphatic carbocycles. The molecule has 0 unspecified atom stereocenters. The van der Waals surface area contributed by atoms with Crippen molar-refractivity contribution < 1.29 is 33.5 Å². The van der Waals surface area contributed by atoms with Crippen LogP contribution in [0.5, 0.6) is 5.75 Å².